The van der Waals surface area contributed by atoms with Gasteiger partial charge in [0.25, 0.3) is 0 Å². The third-order valence-electron chi connectivity index (χ3n) is 0.602. The molecule has 0 aromatic carbocycles. The van der Waals surface area contributed by atoms with Crippen molar-refractivity contribution in [2.75, 3.05) is 0 Å². The van der Waals surface area contributed by atoms with E-state index in [4.69, 9.17) is 5.11 Å². The predicted octanol–water partition coefficient (Wildman–Crippen LogP) is 1.16. The second kappa shape index (κ2) is 5.55. The van der Waals surface area contributed by atoms with Crippen LogP contribution in [0.15, 0.2) is 5.16 Å². The predicted molar refractivity (Wildman–Crippen MR) is 35.4 cm³/mol. The van der Waals surface area contributed by atoms with Crippen LogP contribution >= 0.6 is 16.3 Å². The van der Waals surface area contributed by atoms with E-state index in [2.05, 4.69) is 25.3 Å². The summed E-state index contributed by atoms with van der Waals surface area (Å²) in [6.07, 6.45) is 1.85. The first-order valence-electron chi connectivity index (χ1n) is 2.28. The minimum atomic E-state index is -0.837. The molecule has 0 unspecified atom stereocenters. The average molecular weight is 196 g/mol. The molecule has 0 saturated heterocycles. The Kier molecular flexibility index (Phi) is 5.20. The summed E-state index contributed by atoms with van der Waals surface area (Å²) < 4.78 is 4.11. The number of halogens is 1. The Morgan fingerprint density at radius 2 is 2.56 bits per heavy atom. The van der Waals surface area contributed by atoms with E-state index in [1.165, 1.54) is 6.21 Å². The Morgan fingerprint density at radius 3 is 3.00 bits per heavy atom. The van der Waals surface area contributed by atoms with Crippen molar-refractivity contribution in [3.05, 3.63) is 0 Å². The molecule has 5 heteroatoms. The summed E-state index contributed by atoms with van der Waals surface area (Å²) in [5, 5.41) is 11.4. The third kappa shape index (κ3) is 7.42. The summed E-state index contributed by atoms with van der Waals surface area (Å²) in [6, 6.07) is 0. The minimum absolute atomic E-state index is 0.0832. The molecule has 0 saturated carbocycles. The first-order chi connectivity index (χ1) is 4.27. The van der Waals surface area contributed by atoms with Crippen LogP contribution in [0.4, 0.5) is 0 Å². The Labute approximate surface area is 60.9 Å². The second-order valence-corrected chi connectivity index (χ2v) is 1.58. The molecule has 52 valence electrons. The molecule has 0 rings (SSSR count). The van der Waals surface area contributed by atoms with Crippen LogP contribution in [-0.4, -0.2) is 17.3 Å². The highest BCUT2D eigenvalue weighted by molar-refractivity contribution is 9.05. The van der Waals surface area contributed by atoms with Gasteiger partial charge in [0.2, 0.25) is 16.3 Å². The summed E-state index contributed by atoms with van der Waals surface area (Å²) in [6.45, 7) is 0. The van der Waals surface area contributed by atoms with Gasteiger partial charge in [0, 0.05) is 6.21 Å². The molecule has 0 amide bonds. The molecule has 0 fully saturated rings. The number of nitrogens with zero attached hydrogens (tertiary/aromatic N) is 1. The lowest BCUT2D eigenvalue weighted by Crippen LogP contribution is -1.93. The molecule has 0 aliphatic carbocycles. The SMILES string of the molecule is O=C(O)CC/C=N/OBr. The highest BCUT2D eigenvalue weighted by atomic mass is 79.9. The lowest BCUT2D eigenvalue weighted by atomic mass is 10.3. The molecule has 4 nitrogen and oxygen atoms in total. The second-order valence-electron chi connectivity index (χ2n) is 1.29. The Morgan fingerprint density at radius 1 is 1.89 bits per heavy atom. The third-order valence-corrected chi connectivity index (χ3v) is 0.769. The number of carboxylic acids is 1. The van der Waals surface area contributed by atoms with E-state index < -0.39 is 5.97 Å². The molecule has 0 aliphatic heterocycles. The molecule has 0 aromatic rings. The molecule has 0 spiro atoms. The minimum Gasteiger partial charge on any atom is -0.481 e. The summed E-state index contributed by atoms with van der Waals surface area (Å²) in [7, 11) is 0. The maximum absolute atomic E-state index is 9.85. The fraction of sp³-hybridized carbons (Fsp3) is 0.500. The van der Waals surface area contributed by atoms with Gasteiger partial charge in [0.05, 0.1) is 6.42 Å². The van der Waals surface area contributed by atoms with E-state index in [1.807, 2.05) is 0 Å². The van der Waals surface area contributed by atoms with E-state index in [9.17, 15) is 4.79 Å². The van der Waals surface area contributed by atoms with Crippen LogP contribution in [0.3, 0.4) is 0 Å². The summed E-state index contributed by atoms with van der Waals surface area (Å²) in [5.74, 6) is -0.837. The van der Waals surface area contributed by atoms with Gasteiger partial charge in [-0.1, -0.05) is 5.16 Å². The van der Waals surface area contributed by atoms with E-state index in [0.29, 0.717) is 6.42 Å². The van der Waals surface area contributed by atoms with Crippen LogP contribution in [0.1, 0.15) is 12.8 Å². The molecular formula is C4H6BrNO3. The smallest absolute Gasteiger partial charge is 0.303 e. The lowest BCUT2D eigenvalue weighted by Gasteiger charge is -1.84. The van der Waals surface area contributed by atoms with Crippen molar-refractivity contribution in [2.24, 2.45) is 5.16 Å². The fourth-order valence-electron chi connectivity index (χ4n) is 0.269. The average Bonchev–Trinajstić information content (AvgIpc) is 1.80. The fourth-order valence-corrected chi connectivity index (χ4v) is 0.387. The number of aliphatic carboxylic acids is 1. The van der Waals surface area contributed by atoms with E-state index >= 15 is 0 Å². The normalized spacial score (nSPS) is 9.89. The zero-order chi connectivity index (χ0) is 7.11. The lowest BCUT2D eigenvalue weighted by molar-refractivity contribution is -0.136. The Hall–Kier alpha value is -0.580. The van der Waals surface area contributed by atoms with E-state index in [0.717, 1.165) is 0 Å². The standard InChI is InChI=1S/C4H6BrNO3/c5-9-6-3-1-2-4(7)8/h3H,1-2H2,(H,7,8)/b6-3+. The first-order valence-corrected chi connectivity index (χ1v) is 2.93. The molecule has 0 atom stereocenters. The van der Waals surface area contributed by atoms with Crippen LogP contribution in [0.5, 0.6) is 0 Å². The molecule has 0 bridgehead atoms. The highest BCUT2D eigenvalue weighted by Crippen LogP contribution is 1.87. The van der Waals surface area contributed by atoms with Crippen molar-refractivity contribution in [2.45, 2.75) is 12.8 Å². The number of hydrogen-bond acceptors (Lipinski definition) is 3. The van der Waals surface area contributed by atoms with Crippen molar-refractivity contribution in [3.63, 3.8) is 0 Å². The zero-order valence-corrected chi connectivity index (χ0v) is 6.17. The maximum atomic E-state index is 9.85. The molecule has 0 radical (unpaired) electrons. The van der Waals surface area contributed by atoms with Gasteiger partial charge in [-0.25, -0.2) is 0 Å². The molecule has 0 heterocycles. The van der Waals surface area contributed by atoms with Crippen molar-refractivity contribution in [1.29, 1.82) is 0 Å². The summed E-state index contributed by atoms with van der Waals surface area (Å²) >= 11 is 2.57. The van der Waals surface area contributed by atoms with Gasteiger partial charge in [0.1, 0.15) is 0 Å². The summed E-state index contributed by atoms with van der Waals surface area (Å²) in [4.78, 5) is 9.85. The van der Waals surface area contributed by atoms with Gasteiger partial charge in [-0.15, -0.1) is 0 Å². The van der Waals surface area contributed by atoms with Crippen LogP contribution in [0, 0.1) is 0 Å². The molecule has 0 aliphatic rings. The quantitative estimate of drug-likeness (QED) is 0.542. The molecule has 0 aromatic heterocycles. The monoisotopic (exact) mass is 195 g/mol. The Bertz CT molecular complexity index is 114. The van der Waals surface area contributed by atoms with Crippen molar-refractivity contribution >= 4 is 28.4 Å². The first kappa shape index (κ1) is 8.42. The number of oxime groups is 1. The van der Waals surface area contributed by atoms with Crippen LogP contribution in [0.2, 0.25) is 0 Å². The number of hydrogen-bond donors (Lipinski definition) is 1. The van der Waals surface area contributed by atoms with Crippen molar-refractivity contribution in [3.8, 4) is 0 Å². The largest absolute Gasteiger partial charge is 0.481 e. The van der Waals surface area contributed by atoms with Crippen molar-refractivity contribution in [1.82, 2.24) is 0 Å². The van der Waals surface area contributed by atoms with Crippen molar-refractivity contribution < 1.29 is 13.8 Å². The number of rotatable bonds is 4. The summed E-state index contributed by atoms with van der Waals surface area (Å²) in [5.41, 5.74) is 0. The van der Waals surface area contributed by atoms with Crippen LogP contribution in [0.25, 0.3) is 0 Å². The number of carbonyl (C=O) groups is 1. The van der Waals surface area contributed by atoms with Gasteiger partial charge in [0.15, 0.2) is 0 Å². The number of carboxylic acid groups (broad SMARTS) is 1. The van der Waals surface area contributed by atoms with Gasteiger partial charge >= 0.3 is 5.97 Å². The van der Waals surface area contributed by atoms with Crippen LogP contribution < -0.4 is 0 Å². The molecule has 9 heavy (non-hydrogen) atoms. The highest BCUT2D eigenvalue weighted by Gasteiger charge is 1.91. The topological polar surface area (TPSA) is 58.9 Å². The molecular weight excluding hydrogens is 190 g/mol. The van der Waals surface area contributed by atoms with Gasteiger partial charge in [-0.2, -0.15) is 0 Å². The van der Waals surface area contributed by atoms with Gasteiger partial charge < -0.3 is 9.04 Å². The van der Waals surface area contributed by atoms with E-state index in [1.54, 1.807) is 0 Å². The Balaban J connectivity index is 3.09. The van der Waals surface area contributed by atoms with Crippen LogP contribution in [-0.2, 0) is 8.72 Å². The van der Waals surface area contributed by atoms with Gasteiger partial charge in [-0.05, 0) is 6.42 Å². The van der Waals surface area contributed by atoms with E-state index in [-0.39, 0.29) is 6.42 Å². The zero-order valence-electron chi connectivity index (χ0n) is 4.58. The molecule has 1 N–H and O–H groups in total. The van der Waals surface area contributed by atoms with Gasteiger partial charge in [-0.3, -0.25) is 4.79 Å². The maximum Gasteiger partial charge on any atom is 0.303 e.